The highest BCUT2D eigenvalue weighted by atomic mass is 32.1. The lowest BCUT2D eigenvalue weighted by atomic mass is 9.81. The number of para-hydroxylation sites is 2. The van der Waals surface area contributed by atoms with E-state index in [1.54, 1.807) is 5.19 Å². The zero-order valence-electron chi connectivity index (χ0n) is 34.7. The lowest BCUT2D eigenvalue weighted by Gasteiger charge is -2.45. The van der Waals surface area contributed by atoms with Crippen molar-refractivity contribution in [2.45, 2.75) is 83.2 Å². The SMILES string of the molecule is CC1C=CC2=C(C1)[Si]1(CCCC1)c1ccccc1N2c1ccc2sc3c(c2c1)C=C(C=Cc1ccc2c(c1)C(C)(C)c1cc(N4CCCc5ccccc54)ccc1-2)CC3. The maximum Gasteiger partial charge on any atom is 0.119 e. The van der Waals surface area contributed by atoms with Gasteiger partial charge in [-0.05, 0) is 148 Å². The van der Waals surface area contributed by atoms with Crippen LogP contribution in [-0.2, 0) is 18.3 Å². The Labute approximate surface area is 354 Å². The molecule has 0 N–H and O–H groups in total. The molecular formula is C55H52N2SSi. The summed E-state index contributed by atoms with van der Waals surface area (Å²) < 4.78 is 1.40. The molecule has 6 aromatic rings. The highest BCUT2D eigenvalue weighted by Gasteiger charge is 2.49. The van der Waals surface area contributed by atoms with Crippen molar-refractivity contribution in [3.63, 3.8) is 0 Å². The summed E-state index contributed by atoms with van der Waals surface area (Å²) >= 11 is 2.00. The van der Waals surface area contributed by atoms with Crippen molar-refractivity contribution in [3.8, 4) is 11.1 Å². The second-order valence-corrected chi connectivity index (χ2v) is 24.2. The van der Waals surface area contributed by atoms with E-state index in [1.807, 2.05) is 16.5 Å². The molecule has 3 aliphatic carbocycles. The van der Waals surface area contributed by atoms with Gasteiger partial charge in [-0.3, -0.25) is 0 Å². The standard InChI is InChI=1S/C55H52N2SSi/c1-36-16-25-50-54(31-36)59(29-8-9-30-59)53-15-7-6-14-49(53)57(50)41-22-27-52-45(34-41)44-32-37(20-26-51(44)58-52)17-18-38-19-23-42-43-24-21-40(35-47(43)55(2,3)46(42)33-38)56-28-10-12-39-11-4-5-13-48(39)56/h4-7,11,13-19,21-25,27,32-36H,8-10,12,20,26,28-31H2,1-3H3. The molecule has 1 spiro atoms. The monoisotopic (exact) mass is 800 g/mol. The van der Waals surface area contributed by atoms with Gasteiger partial charge in [0.25, 0.3) is 0 Å². The third-order valence-corrected chi connectivity index (χ3v) is 21.7. The number of nitrogens with zero attached hydrogens (tertiary/aromatic N) is 2. The quantitative estimate of drug-likeness (QED) is 0.164. The number of anilines is 4. The first-order chi connectivity index (χ1) is 28.9. The minimum Gasteiger partial charge on any atom is -0.341 e. The molecule has 5 aromatic carbocycles. The van der Waals surface area contributed by atoms with Crippen LogP contribution < -0.4 is 15.0 Å². The minimum atomic E-state index is -1.71. The molecule has 0 saturated carbocycles. The molecule has 2 nitrogen and oxygen atoms in total. The van der Waals surface area contributed by atoms with Gasteiger partial charge >= 0.3 is 0 Å². The molecule has 0 amide bonds. The average Bonchev–Trinajstić information content (AvgIpc) is 3.96. The summed E-state index contributed by atoms with van der Waals surface area (Å²) in [7, 11) is -1.71. The highest BCUT2D eigenvalue weighted by molar-refractivity contribution is 7.19. The van der Waals surface area contributed by atoms with E-state index in [1.165, 1.54) is 132 Å². The molecule has 1 saturated heterocycles. The van der Waals surface area contributed by atoms with Gasteiger partial charge in [0.1, 0.15) is 8.07 Å². The Bertz CT molecular complexity index is 2860. The van der Waals surface area contributed by atoms with E-state index in [2.05, 4.69) is 164 Å². The van der Waals surface area contributed by atoms with Crippen LogP contribution in [0.1, 0.15) is 85.6 Å². The van der Waals surface area contributed by atoms with Gasteiger partial charge in [-0.25, -0.2) is 0 Å². The van der Waals surface area contributed by atoms with Gasteiger partial charge in [0, 0.05) is 55.4 Å². The van der Waals surface area contributed by atoms with E-state index >= 15 is 0 Å². The number of thiophene rings is 1. The van der Waals surface area contributed by atoms with E-state index in [-0.39, 0.29) is 5.41 Å². The van der Waals surface area contributed by atoms with Crippen LogP contribution in [0.2, 0.25) is 12.1 Å². The Morgan fingerprint density at radius 2 is 1.53 bits per heavy atom. The number of allylic oxidation sites excluding steroid dienone is 5. The van der Waals surface area contributed by atoms with Gasteiger partial charge in [-0.1, -0.05) is 124 Å². The van der Waals surface area contributed by atoms with E-state index in [4.69, 9.17) is 0 Å². The Morgan fingerprint density at radius 3 is 2.41 bits per heavy atom. The molecule has 59 heavy (non-hydrogen) atoms. The van der Waals surface area contributed by atoms with Crippen molar-refractivity contribution in [3.05, 3.63) is 171 Å². The fourth-order valence-corrected chi connectivity index (χ4v) is 19.1. The predicted octanol–water partition coefficient (Wildman–Crippen LogP) is 14.3. The summed E-state index contributed by atoms with van der Waals surface area (Å²) in [6.45, 7) is 8.32. The molecule has 1 unspecified atom stereocenters. The lowest BCUT2D eigenvalue weighted by Crippen LogP contribution is -2.54. The van der Waals surface area contributed by atoms with Gasteiger partial charge < -0.3 is 9.80 Å². The van der Waals surface area contributed by atoms with Crippen LogP contribution in [0.5, 0.6) is 0 Å². The third-order valence-electron chi connectivity index (χ3n) is 15.0. The lowest BCUT2D eigenvalue weighted by molar-refractivity contribution is 0.659. The van der Waals surface area contributed by atoms with Crippen LogP contribution in [0.4, 0.5) is 22.7 Å². The Hall–Kier alpha value is -5.16. The van der Waals surface area contributed by atoms with Crippen molar-refractivity contribution in [2.24, 2.45) is 5.92 Å². The summed E-state index contributed by atoms with van der Waals surface area (Å²) in [5.74, 6) is 0.616. The van der Waals surface area contributed by atoms with E-state index < -0.39 is 8.07 Å². The van der Waals surface area contributed by atoms with Crippen LogP contribution in [-0.4, -0.2) is 14.6 Å². The van der Waals surface area contributed by atoms with Crippen molar-refractivity contribution < 1.29 is 0 Å². The third kappa shape index (κ3) is 5.48. The summed E-state index contributed by atoms with van der Waals surface area (Å²) in [5, 5.41) is 4.91. The van der Waals surface area contributed by atoms with Crippen LogP contribution >= 0.6 is 11.3 Å². The molecule has 1 atom stereocenters. The van der Waals surface area contributed by atoms with Gasteiger partial charge in [-0.2, -0.15) is 0 Å². The molecular weight excluding hydrogens is 749 g/mol. The van der Waals surface area contributed by atoms with Gasteiger partial charge in [0.2, 0.25) is 0 Å². The second kappa shape index (κ2) is 13.4. The van der Waals surface area contributed by atoms with Gasteiger partial charge in [-0.15, -0.1) is 11.3 Å². The summed E-state index contributed by atoms with van der Waals surface area (Å²) in [5.41, 5.74) is 18.1. The van der Waals surface area contributed by atoms with Crippen LogP contribution in [0.3, 0.4) is 0 Å². The fourth-order valence-electron chi connectivity index (χ4n) is 12.0. The number of benzene rings is 5. The van der Waals surface area contributed by atoms with Crippen molar-refractivity contribution in [2.75, 3.05) is 16.3 Å². The number of hydrogen-bond acceptors (Lipinski definition) is 3. The summed E-state index contributed by atoms with van der Waals surface area (Å²) in [6.07, 6.45) is 20.8. The van der Waals surface area contributed by atoms with Crippen LogP contribution in [0.15, 0.2) is 138 Å². The molecule has 1 fully saturated rings. The van der Waals surface area contributed by atoms with Crippen molar-refractivity contribution >= 4 is 69.6 Å². The minimum absolute atomic E-state index is 0.0661. The topological polar surface area (TPSA) is 6.48 Å². The molecule has 6 aliphatic rings. The number of rotatable bonds is 4. The fraction of sp³-hybridized carbons (Fsp3) is 0.273. The van der Waals surface area contributed by atoms with Crippen LogP contribution in [0, 0.1) is 5.92 Å². The van der Waals surface area contributed by atoms with E-state index in [0.717, 1.165) is 19.4 Å². The Morgan fingerprint density at radius 1 is 0.746 bits per heavy atom. The zero-order valence-corrected chi connectivity index (χ0v) is 36.5. The maximum atomic E-state index is 2.64. The Balaban J connectivity index is 0.862. The normalized spacial score (nSPS) is 20.7. The Kier molecular flexibility index (Phi) is 8.14. The van der Waals surface area contributed by atoms with E-state index in [9.17, 15) is 0 Å². The molecule has 3 aliphatic heterocycles. The van der Waals surface area contributed by atoms with Gasteiger partial charge in [0.15, 0.2) is 0 Å². The summed E-state index contributed by atoms with van der Waals surface area (Å²) in [4.78, 5) is 6.71. The molecule has 292 valence electrons. The molecule has 0 bridgehead atoms. The number of fused-ring (bicyclic) bond motifs is 10. The zero-order chi connectivity index (χ0) is 39.5. The molecule has 1 aromatic heterocycles. The average molecular weight is 801 g/mol. The molecule has 12 rings (SSSR count). The van der Waals surface area contributed by atoms with Crippen molar-refractivity contribution in [1.29, 1.82) is 0 Å². The first-order valence-electron chi connectivity index (χ1n) is 22.3. The first kappa shape index (κ1) is 35.8. The predicted molar refractivity (Wildman–Crippen MR) is 256 cm³/mol. The van der Waals surface area contributed by atoms with Crippen molar-refractivity contribution in [1.82, 2.24) is 0 Å². The summed E-state index contributed by atoms with van der Waals surface area (Å²) in [6, 6.07) is 43.0. The second-order valence-electron chi connectivity index (χ2n) is 18.8. The smallest absolute Gasteiger partial charge is 0.119 e. The first-order valence-corrected chi connectivity index (χ1v) is 25.5. The number of hydrogen-bond donors (Lipinski definition) is 0. The van der Waals surface area contributed by atoms with Crippen LogP contribution in [0.25, 0.3) is 33.4 Å². The maximum absolute atomic E-state index is 2.64. The highest BCUT2D eigenvalue weighted by Crippen LogP contribution is 2.52. The molecule has 0 radical (unpaired) electrons. The largest absolute Gasteiger partial charge is 0.341 e. The molecule has 4 heterocycles. The molecule has 4 heteroatoms. The van der Waals surface area contributed by atoms with E-state index in [0.29, 0.717) is 5.92 Å². The van der Waals surface area contributed by atoms with Gasteiger partial charge in [0.05, 0.1) is 0 Å². The number of aryl methyl sites for hydroxylation is 2.